The van der Waals surface area contributed by atoms with E-state index in [0.717, 1.165) is 24.3 Å². The van der Waals surface area contributed by atoms with Crippen LogP contribution >= 0.6 is 0 Å². The Morgan fingerprint density at radius 2 is 1.30 bits per heavy atom. The Balaban J connectivity index is 2.60. The van der Waals surface area contributed by atoms with Gasteiger partial charge in [-0.1, -0.05) is 18.2 Å². The zero-order valence-electron chi connectivity index (χ0n) is 14.8. The van der Waals surface area contributed by atoms with Crippen molar-refractivity contribution in [2.24, 2.45) is 0 Å². The first-order chi connectivity index (χ1) is 11.1. The second kappa shape index (κ2) is 10.2. The molecule has 0 bridgehead atoms. The van der Waals surface area contributed by atoms with Crippen LogP contribution in [-0.4, -0.2) is 59.5 Å². The summed E-state index contributed by atoms with van der Waals surface area (Å²) < 4.78 is 28.0. The highest BCUT2D eigenvalue weighted by Gasteiger charge is 2.44. The Hall–Kier alpha value is -0.746. The quantitative estimate of drug-likeness (QED) is 0.579. The third-order valence-electron chi connectivity index (χ3n) is 4.10. The standard InChI is InChI=1S/C15H29NO5Si2/c1-17-22(18-2,13-14-23(19-3,20-4)21-5)12-11-16-15-9-7-6-8-10-15/h6-10,16H,11-14H2,1-5H3. The number of anilines is 1. The van der Waals surface area contributed by atoms with Gasteiger partial charge in [0.25, 0.3) is 0 Å². The van der Waals surface area contributed by atoms with Crippen molar-refractivity contribution in [2.75, 3.05) is 47.4 Å². The fourth-order valence-electron chi connectivity index (χ4n) is 2.47. The van der Waals surface area contributed by atoms with Gasteiger partial charge in [0.2, 0.25) is 0 Å². The van der Waals surface area contributed by atoms with Crippen molar-refractivity contribution in [3.8, 4) is 0 Å². The van der Waals surface area contributed by atoms with E-state index in [2.05, 4.69) is 5.32 Å². The average molecular weight is 360 g/mol. The highest BCUT2D eigenvalue weighted by molar-refractivity contribution is 6.70. The van der Waals surface area contributed by atoms with Crippen LogP contribution in [0.2, 0.25) is 18.1 Å². The molecule has 6 nitrogen and oxygen atoms in total. The molecule has 132 valence electrons. The third-order valence-corrected chi connectivity index (χ3v) is 10.8. The van der Waals surface area contributed by atoms with Gasteiger partial charge in [0.15, 0.2) is 0 Å². The molecule has 0 spiro atoms. The van der Waals surface area contributed by atoms with Crippen LogP contribution in [0, 0.1) is 0 Å². The molecule has 0 saturated carbocycles. The summed E-state index contributed by atoms with van der Waals surface area (Å²) in [5.41, 5.74) is 1.09. The molecule has 0 aromatic heterocycles. The lowest BCUT2D eigenvalue weighted by Crippen LogP contribution is -2.48. The van der Waals surface area contributed by atoms with Crippen molar-refractivity contribution in [2.45, 2.75) is 18.1 Å². The van der Waals surface area contributed by atoms with Crippen LogP contribution in [0.4, 0.5) is 5.69 Å². The number of hydrogen-bond donors (Lipinski definition) is 1. The summed E-state index contributed by atoms with van der Waals surface area (Å²) in [5, 5.41) is 3.40. The summed E-state index contributed by atoms with van der Waals surface area (Å²) in [4.78, 5) is 0. The van der Waals surface area contributed by atoms with Gasteiger partial charge in [-0.15, -0.1) is 0 Å². The predicted octanol–water partition coefficient (Wildman–Crippen LogP) is 2.71. The topological polar surface area (TPSA) is 58.2 Å². The fraction of sp³-hybridized carbons (Fsp3) is 0.600. The summed E-state index contributed by atoms with van der Waals surface area (Å²) >= 11 is 0. The van der Waals surface area contributed by atoms with Gasteiger partial charge in [0, 0.05) is 59.9 Å². The Bertz CT molecular complexity index is 419. The molecule has 0 radical (unpaired) electrons. The van der Waals surface area contributed by atoms with Crippen LogP contribution < -0.4 is 5.32 Å². The van der Waals surface area contributed by atoms with Gasteiger partial charge in [-0.25, -0.2) is 0 Å². The molecule has 0 unspecified atom stereocenters. The number of hydrogen-bond acceptors (Lipinski definition) is 6. The maximum atomic E-state index is 5.79. The highest BCUT2D eigenvalue weighted by Crippen LogP contribution is 2.26. The maximum absolute atomic E-state index is 5.79. The van der Waals surface area contributed by atoms with Gasteiger partial charge in [-0.3, -0.25) is 0 Å². The molecule has 1 rings (SSSR count). The third kappa shape index (κ3) is 5.99. The number of para-hydroxylation sites is 1. The smallest absolute Gasteiger partial charge is 0.398 e. The molecule has 1 aromatic carbocycles. The molecule has 0 atom stereocenters. The molecule has 0 saturated heterocycles. The first-order valence-corrected chi connectivity index (χ1v) is 11.8. The minimum absolute atomic E-state index is 0.676. The van der Waals surface area contributed by atoms with E-state index in [1.165, 1.54) is 0 Å². The first-order valence-electron chi connectivity index (χ1n) is 7.64. The van der Waals surface area contributed by atoms with E-state index < -0.39 is 17.4 Å². The molecule has 0 fully saturated rings. The lowest BCUT2D eigenvalue weighted by molar-refractivity contribution is 0.123. The van der Waals surface area contributed by atoms with Crippen LogP contribution in [0.15, 0.2) is 30.3 Å². The van der Waals surface area contributed by atoms with Crippen molar-refractivity contribution in [3.63, 3.8) is 0 Å². The van der Waals surface area contributed by atoms with Crippen LogP contribution in [0.5, 0.6) is 0 Å². The zero-order valence-corrected chi connectivity index (χ0v) is 16.8. The van der Waals surface area contributed by atoms with Gasteiger partial charge in [-0.2, -0.15) is 0 Å². The van der Waals surface area contributed by atoms with Crippen molar-refractivity contribution >= 4 is 23.1 Å². The Morgan fingerprint density at radius 1 is 0.739 bits per heavy atom. The van der Waals surface area contributed by atoms with E-state index in [1.54, 1.807) is 35.5 Å². The molecule has 0 aliphatic carbocycles. The van der Waals surface area contributed by atoms with Gasteiger partial charge in [0.05, 0.1) is 0 Å². The van der Waals surface area contributed by atoms with Gasteiger partial charge < -0.3 is 27.4 Å². The van der Waals surface area contributed by atoms with E-state index in [9.17, 15) is 0 Å². The predicted molar refractivity (Wildman–Crippen MR) is 95.9 cm³/mol. The summed E-state index contributed by atoms with van der Waals surface area (Å²) in [6, 6.07) is 12.4. The maximum Gasteiger partial charge on any atom is 0.500 e. The van der Waals surface area contributed by atoms with Gasteiger partial charge >= 0.3 is 17.4 Å². The molecule has 8 heteroatoms. The zero-order chi connectivity index (χ0) is 17.2. The average Bonchev–Trinajstić information content (AvgIpc) is 2.62. The van der Waals surface area contributed by atoms with Crippen molar-refractivity contribution in [1.29, 1.82) is 0 Å². The van der Waals surface area contributed by atoms with E-state index in [0.29, 0.717) is 6.04 Å². The normalized spacial score (nSPS) is 12.4. The number of benzene rings is 1. The molecule has 23 heavy (non-hydrogen) atoms. The molecule has 1 aromatic rings. The van der Waals surface area contributed by atoms with Crippen LogP contribution in [-0.2, 0) is 22.1 Å². The highest BCUT2D eigenvalue weighted by atomic mass is 28.4. The lowest BCUT2D eigenvalue weighted by atomic mass is 10.3. The lowest BCUT2D eigenvalue weighted by Gasteiger charge is -2.31. The van der Waals surface area contributed by atoms with E-state index >= 15 is 0 Å². The van der Waals surface area contributed by atoms with Crippen molar-refractivity contribution in [1.82, 2.24) is 0 Å². The van der Waals surface area contributed by atoms with Crippen molar-refractivity contribution in [3.05, 3.63) is 30.3 Å². The molecule has 0 aliphatic heterocycles. The summed E-state index contributed by atoms with van der Waals surface area (Å²) in [6.45, 7) is 0.791. The monoisotopic (exact) mass is 359 g/mol. The summed E-state index contributed by atoms with van der Waals surface area (Å²) in [6.07, 6.45) is 0. The molecular formula is C15H29NO5Si2. The molecule has 0 amide bonds. The second-order valence-electron chi connectivity index (χ2n) is 5.16. The Labute approximate surface area is 141 Å². The van der Waals surface area contributed by atoms with Crippen molar-refractivity contribution < 1.29 is 22.1 Å². The first kappa shape index (κ1) is 20.3. The van der Waals surface area contributed by atoms with Gasteiger partial charge in [0.1, 0.15) is 0 Å². The Morgan fingerprint density at radius 3 is 1.78 bits per heavy atom. The molecular weight excluding hydrogens is 330 g/mol. The molecule has 0 aliphatic rings. The van der Waals surface area contributed by atoms with E-state index in [4.69, 9.17) is 22.1 Å². The van der Waals surface area contributed by atoms with Crippen LogP contribution in [0.3, 0.4) is 0 Å². The summed E-state index contributed by atoms with van der Waals surface area (Å²) in [5.74, 6) is 0. The van der Waals surface area contributed by atoms with E-state index in [1.807, 2.05) is 30.3 Å². The molecule has 1 N–H and O–H groups in total. The number of rotatable bonds is 12. The minimum Gasteiger partial charge on any atom is -0.398 e. The number of nitrogens with one attached hydrogen (secondary N) is 1. The summed E-state index contributed by atoms with van der Waals surface area (Å²) in [7, 11) is 3.37. The SMILES string of the molecule is CO[Si](CCNc1ccccc1)(CC[Si](OC)(OC)OC)OC. The Kier molecular flexibility index (Phi) is 8.99. The van der Waals surface area contributed by atoms with Crippen LogP contribution in [0.1, 0.15) is 0 Å². The molecule has 0 heterocycles. The fourth-order valence-corrected chi connectivity index (χ4v) is 8.07. The second-order valence-corrected chi connectivity index (χ2v) is 11.9. The van der Waals surface area contributed by atoms with E-state index in [-0.39, 0.29) is 0 Å². The largest absolute Gasteiger partial charge is 0.500 e. The van der Waals surface area contributed by atoms with Gasteiger partial charge in [-0.05, 0) is 18.2 Å². The minimum atomic E-state index is -2.61. The van der Waals surface area contributed by atoms with Crippen LogP contribution in [0.25, 0.3) is 0 Å².